The molecule has 4 heteroatoms. The molecule has 0 aliphatic carbocycles. The molecule has 0 atom stereocenters. The van der Waals surface area contributed by atoms with E-state index in [-0.39, 0.29) is 0 Å². The minimum absolute atomic E-state index is 0.896. The van der Waals surface area contributed by atoms with Crippen LogP contribution in [0.4, 0.5) is 0 Å². The minimum Gasteiger partial charge on any atom is -0.497 e. The molecule has 0 unspecified atom stereocenters. The Morgan fingerprint density at radius 2 is 1.54 bits per heavy atom. The Kier molecular flexibility index (Phi) is 6.98. The lowest BCUT2D eigenvalue weighted by Crippen LogP contribution is -1.89. The van der Waals surface area contributed by atoms with E-state index < -0.39 is 0 Å². The second-order valence-electron chi connectivity index (χ2n) is 6.35. The lowest BCUT2D eigenvalue weighted by molar-refractivity contribution is 0.415. The second-order valence-corrected chi connectivity index (χ2v) is 8.20. The van der Waals surface area contributed by atoms with Crippen LogP contribution in [0.5, 0.6) is 11.5 Å². The monoisotopic (exact) mass is 432 g/mol. The normalized spacial score (nSPS) is 11.0. The van der Waals surface area contributed by atoms with Crippen molar-refractivity contribution in [1.29, 1.82) is 0 Å². The van der Waals surface area contributed by atoms with Gasteiger partial charge in [-0.15, -0.1) is 11.3 Å². The first-order valence-corrected chi connectivity index (χ1v) is 11.0. The Morgan fingerprint density at radius 1 is 0.846 bits per heavy atom. The number of alkyl halides is 1. The lowest BCUT2D eigenvalue weighted by Gasteiger charge is -2.07. The first kappa shape index (κ1) is 19.2. The van der Waals surface area contributed by atoms with Crippen molar-refractivity contribution in [2.75, 3.05) is 19.5 Å². The fraction of sp³-hybridized carbons (Fsp3) is 0.364. The van der Waals surface area contributed by atoms with Crippen LogP contribution in [0, 0.1) is 0 Å². The smallest absolute Gasteiger partial charge is 0.120 e. The maximum Gasteiger partial charge on any atom is 0.120 e. The van der Waals surface area contributed by atoms with Crippen LogP contribution in [0.3, 0.4) is 0 Å². The summed E-state index contributed by atoms with van der Waals surface area (Å²) < 4.78 is 12.0. The SMILES string of the molecule is COc1ccc(-c2sc3cc(OC)ccc3c2CCCCCCBr)cc1. The molecular formula is C22H25BrO2S. The van der Waals surface area contributed by atoms with Crippen LogP contribution in [-0.2, 0) is 6.42 Å². The van der Waals surface area contributed by atoms with Gasteiger partial charge in [-0.1, -0.05) is 28.8 Å². The first-order chi connectivity index (χ1) is 12.8. The molecule has 1 heterocycles. The zero-order valence-corrected chi connectivity index (χ0v) is 17.8. The minimum atomic E-state index is 0.896. The summed E-state index contributed by atoms with van der Waals surface area (Å²) in [4.78, 5) is 1.37. The zero-order valence-electron chi connectivity index (χ0n) is 15.4. The van der Waals surface area contributed by atoms with E-state index in [4.69, 9.17) is 9.47 Å². The lowest BCUT2D eigenvalue weighted by atomic mass is 10.00. The third-order valence-corrected chi connectivity index (χ3v) is 6.47. The molecule has 138 valence electrons. The number of fused-ring (bicyclic) bond motifs is 1. The van der Waals surface area contributed by atoms with Crippen LogP contribution in [0.1, 0.15) is 31.2 Å². The molecule has 0 spiro atoms. The summed E-state index contributed by atoms with van der Waals surface area (Å²) in [7, 11) is 3.43. The van der Waals surface area contributed by atoms with E-state index in [0.29, 0.717) is 0 Å². The Morgan fingerprint density at radius 3 is 2.23 bits per heavy atom. The third kappa shape index (κ3) is 4.41. The van der Waals surface area contributed by atoms with E-state index >= 15 is 0 Å². The number of methoxy groups -OCH3 is 2. The zero-order chi connectivity index (χ0) is 18.4. The Hall–Kier alpha value is -1.52. The third-order valence-electron chi connectivity index (χ3n) is 4.66. The first-order valence-electron chi connectivity index (χ1n) is 9.06. The van der Waals surface area contributed by atoms with E-state index in [2.05, 4.69) is 46.3 Å². The number of benzene rings is 2. The maximum atomic E-state index is 5.42. The van der Waals surface area contributed by atoms with Crippen molar-refractivity contribution in [1.82, 2.24) is 0 Å². The van der Waals surface area contributed by atoms with Gasteiger partial charge in [-0.2, -0.15) is 0 Å². The molecule has 0 radical (unpaired) electrons. The van der Waals surface area contributed by atoms with Gasteiger partial charge in [-0.25, -0.2) is 0 Å². The summed E-state index contributed by atoms with van der Waals surface area (Å²) in [5.41, 5.74) is 2.73. The molecule has 2 aromatic carbocycles. The second kappa shape index (κ2) is 9.43. The molecule has 0 saturated heterocycles. The fourth-order valence-electron chi connectivity index (χ4n) is 3.23. The van der Waals surface area contributed by atoms with E-state index in [1.54, 1.807) is 14.2 Å². The average molecular weight is 433 g/mol. The summed E-state index contributed by atoms with van der Waals surface area (Å²) in [6.07, 6.45) is 6.18. The number of thiophene rings is 1. The van der Waals surface area contributed by atoms with Crippen molar-refractivity contribution >= 4 is 37.4 Å². The van der Waals surface area contributed by atoms with Crippen molar-refractivity contribution in [2.24, 2.45) is 0 Å². The quantitative estimate of drug-likeness (QED) is 0.265. The molecule has 0 N–H and O–H groups in total. The van der Waals surface area contributed by atoms with Gasteiger partial charge in [0.2, 0.25) is 0 Å². The number of hydrogen-bond acceptors (Lipinski definition) is 3. The van der Waals surface area contributed by atoms with Gasteiger partial charge in [0.15, 0.2) is 0 Å². The average Bonchev–Trinajstić information content (AvgIpc) is 3.05. The van der Waals surface area contributed by atoms with Gasteiger partial charge in [0.1, 0.15) is 11.5 Å². The van der Waals surface area contributed by atoms with Crippen LogP contribution in [-0.4, -0.2) is 19.5 Å². The van der Waals surface area contributed by atoms with Crippen LogP contribution < -0.4 is 9.47 Å². The predicted molar refractivity (Wildman–Crippen MR) is 116 cm³/mol. The highest BCUT2D eigenvalue weighted by molar-refractivity contribution is 9.09. The molecule has 0 aliphatic rings. The van der Waals surface area contributed by atoms with E-state index in [1.807, 2.05) is 23.5 Å². The van der Waals surface area contributed by atoms with Crippen molar-refractivity contribution in [3.8, 4) is 21.9 Å². The molecular weight excluding hydrogens is 408 g/mol. The number of hydrogen-bond donors (Lipinski definition) is 0. The molecule has 26 heavy (non-hydrogen) atoms. The van der Waals surface area contributed by atoms with Crippen molar-refractivity contribution in [3.63, 3.8) is 0 Å². The summed E-state index contributed by atoms with van der Waals surface area (Å²) in [6, 6.07) is 14.8. The molecule has 3 rings (SSSR count). The molecule has 0 saturated carbocycles. The fourth-order valence-corrected chi connectivity index (χ4v) is 4.91. The van der Waals surface area contributed by atoms with E-state index in [1.165, 1.54) is 51.8 Å². The number of ether oxygens (including phenoxy) is 2. The predicted octanol–water partition coefficient (Wildman–Crippen LogP) is 7.08. The van der Waals surface area contributed by atoms with Crippen molar-refractivity contribution in [2.45, 2.75) is 32.1 Å². The molecule has 0 amide bonds. The van der Waals surface area contributed by atoms with Crippen LogP contribution >= 0.6 is 27.3 Å². The van der Waals surface area contributed by atoms with Gasteiger partial charge in [-0.3, -0.25) is 0 Å². The van der Waals surface area contributed by atoms with Crippen LogP contribution in [0.25, 0.3) is 20.5 Å². The van der Waals surface area contributed by atoms with Gasteiger partial charge in [0.05, 0.1) is 14.2 Å². The molecule has 0 fully saturated rings. The van der Waals surface area contributed by atoms with E-state index in [0.717, 1.165) is 23.2 Å². The topological polar surface area (TPSA) is 18.5 Å². The summed E-state index contributed by atoms with van der Waals surface area (Å²) in [6.45, 7) is 0. The summed E-state index contributed by atoms with van der Waals surface area (Å²) >= 11 is 5.38. The highest BCUT2D eigenvalue weighted by atomic mass is 79.9. The highest BCUT2D eigenvalue weighted by Crippen LogP contribution is 2.41. The van der Waals surface area contributed by atoms with Crippen molar-refractivity contribution < 1.29 is 9.47 Å². The number of aryl methyl sites for hydroxylation is 1. The Labute approximate surface area is 168 Å². The summed E-state index contributed by atoms with van der Waals surface area (Å²) in [5, 5.41) is 2.47. The molecule has 3 aromatic rings. The Balaban J connectivity index is 1.94. The van der Waals surface area contributed by atoms with Gasteiger partial charge in [0, 0.05) is 14.9 Å². The van der Waals surface area contributed by atoms with Gasteiger partial charge in [0.25, 0.3) is 0 Å². The molecule has 2 nitrogen and oxygen atoms in total. The number of rotatable bonds is 9. The van der Waals surface area contributed by atoms with Crippen LogP contribution in [0.2, 0.25) is 0 Å². The maximum absolute atomic E-state index is 5.42. The highest BCUT2D eigenvalue weighted by Gasteiger charge is 2.14. The number of unbranched alkanes of at least 4 members (excludes halogenated alkanes) is 3. The van der Waals surface area contributed by atoms with Crippen LogP contribution in [0.15, 0.2) is 42.5 Å². The largest absolute Gasteiger partial charge is 0.497 e. The standard InChI is InChI=1S/C22H25BrO2S/c1-24-17-10-8-16(9-11-17)22-20(7-5-3-4-6-14-23)19-13-12-18(25-2)15-21(19)26-22/h8-13,15H,3-7,14H2,1-2H3. The van der Waals surface area contributed by atoms with Gasteiger partial charge < -0.3 is 9.47 Å². The number of halogens is 1. The molecule has 0 aliphatic heterocycles. The van der Waals surface area contributed by atoms with Crippen molar-refractivity contribution in [3.05, 3.63) is 48.0 Å². The van der Waals surface area contributed by atoms with E-state index in [9.17, 15) is 0 Å². The van der Waals surface area contributed by atoms with Gasteiger partial charge >= 0.3 is 0 Å². The molecule has 1 aromatic heterocycles. The van der Waals surface area contributed by atoms with Gasteiger partial charge in [-0.05, 0) is 78.2 Å². The molecule has 0 bridgehead atoms. The Bertz CT molecular complexity index is 839. The summed E-state index contributed by atoms with van der Waals surface area (Å²) in [5.74, 6) is 1.82.